The van der Waals surface area contributed by atoms with Crippen LogP contribution < -0.4 is 5.32 Å². The molecule has 0 radical (unpaired) electrons. The molecule has 0 aromatic carbocycles. The molecular formula is C11H15N3O5. The first-order valence-corrected chi connectivity index (χ1v) is 5.80. The van der Waals surface area contributed by atoms with Crippen LogP contribution >= 0.6 is 0 Å². The number of carbonyl (C=O) groups excluding carboxylic acids is 1. The number of amides is 1. The Morgan fingerprint density at radius 3 is 2.68 bits per heavy atom. The number of aromatic amines is 1. The van der Waals surface area contributed by atoms with Crippen molar-refractivity contribution < 1.29 is 19.6 Å². The molecule has 1 heterocycles. The van der Waals surface area contributed by atoms with Crippen molar-refractivity contribution in [2.75, 3.05) is 6.54 Å². The van der Waals surface area contributed by atoms with Crippen molar-refractivity contribution in [3.63, 3.8) is 0 Å². The highest BCUT2D eigenvalue weighted by molar-refractivity contribution is 5.93. The van der Waals surface area contributed by atoms with Crippen molar-refractivity contribution in [1.82, 2.24) is 10.3 Å². The fourth-order valence-electron chi connectivity index (χ4n) is 1.59. The number of carbonyl (C=O) groups is 2. The van der Waals surface area contributed by atoms with Crippen LogP contribution in [0.25, 0.3) is 0 Å². The average Bonchev–Trinajstić information content (AvgIpc) is 2.83. The second-order valence-electron chi connectivity index (χ2n) is 4.05. The number of carboxylic acid groups (broad SMARTS) is 1. The smallest absolute Gasteiger partial charge is 0.321 e. The summed E-state index contributed by atoms with van der Waals surface area (Å²) in [4.78, 5) is 34.7. The quantitative estimate of drug-likeness (QED) is 0.505. The van der Waals surface area contributed by atoms with Gasteiger partial charge in [0.2, 0.25) is 0 Å². The highest BCUT2D eigenvalue weighted by atomic mass is 16.6. The van der Waals surface area contributed by atoms with E-state index in [9.17, 15) is 19.7 Å². The van der Waals surface area contributed by atoms with Crippen LogP contribution in [0.2, 0.25) is 0 Å². The normalized spacial score (nSPS) is 11.8. The predicted octanol–water partition coefficient (Wildman–Crippen LogP) is 1.15. The van der Waals surface area contributed by atoms with Crippen LogP contribution in [0.5, 0.6) is 0 Å². The summed E-state index contributed by atoms with van der Waals surface area (Å²) < 4.78 is 0. The third kappa shape index (κ3) is 4.09. The van der Waals surface area contributed by atoms with E-state index in [1.165, 1.54) is 12.1 Å². The van der Waals surface area contributed by atoms with E-state index >= 15 is 0 Å². The van der Waals surface area contributed by atoms with Crippen molar-refractivity contribution in [1.29, 1.82) is 0 Å². The van der Waals surface area contributed by atoms with E-state index in [1.54, 1.807) is 0 Å². The van der Waals surface area contributed by atoms with Gasteiger partial charge in [0.05, 0.1) is 5.92 Å². The van der Waals surface area contributed by atoms with Gasteiger partial charge >= 0.3 is 11.8 Å². The van der Waals surface area contributed by atoms with Gasteiger partial charge in [-0.3, -0.25) is 9.59 Å². The zero-order valence-corrected chi connectivity index (χ0v) is 10.4. The summed E-state index contributed by atoms with van der Waals surface area (Å²) >= 11 is 0. The van der Waals surface area contributed by atoms with Gasteiger partial charge in [-0.2, -0.15) is 0 Å². The fourth-order valence-corrected chi connectivity index (χ4v) is 1.59. The summed E-state index contributed by atoms with van der Waals surface area (Å²) in [5.41, 5.74) is 0.0346. The van der Waals surface area contributed by atoms with Gasteiger partial charge in [-0.1, -0.05) is 13.3 Å². The molecule has 0 saturated carbocycles. The molecule has 8 nitrogen and oxygen atoms in total. The molecule has 0 aliphatic rings. The molecule has 0 aliphatic heterocycles. The number of nitrogens with zero attached hydrogens (tertiary/aromatic N) is 1. The second kappa shape index (κ2) is 6.53. The van der Waals surface area contributed by atoms with Crippen LogP contribution in [0.15, 0.2) is 12.1 Å². The maximum absolute atomic E-state index is 11.7. The lowest BCUT2D eigenvalue weighted by molar-refractivity contribution is -0.389. The number of carboxylic acids is 1. The number of aliphatic carboxylic acids is 1. The molecule has 0 spiro atoms. The number of aromatic nitrogens is 1. The number of rotatable bonds is 7. The van der Waals surface area contributed by atoms with Gasteiger partial charge in [-0.05, 0) is 17.4 Å². The Kier molecular flexibility index (Phi) is 5.04. The zero-order valence-electron chi connectivity index (χ0n) is 10.4. The molecule has 1 rings (SSSR count). The Morgan fingerprint density at radius 1 is 1.53 bits per heavy atom. The Balaban J connectivity index is 2.58. The number of nitro groups is 1. The maximum Gasteiger partial charge on any atom is 0.321 e. The summed E-state index contributed by atoms with van der Waals surface area (Å²) in [5.74, 6) is -2.47. The first kappa shape index (κ1) is 14.7. The van der Waals surface area contributed by atoms with Crippen LogP contribution in [-0.2, 0) is 4.79 Å². The van der Waals surface area contributed by atoms with Gasteiger partial charge in [0.15, 0.2) is 5.69 Å². The van der Waals surface area contributed by atoms with E-state index in [0.29, 0.717) is 12.8 Å². The minimum atomic E-state index is -0.973. The molecule has 8 heteroatoms. The second-order valence-corrected chi connectivity index (χ2v) is 4.05. The van der Waals surface area contributed by atoms with Crippen LogP contribution in [0.3, 0.4) is 0 Å². The molecule has 1 amide bonds. The third-order valence-electron chi connectivity index (χ3n) is 2.61. The Hall–Kier alpha value is -2.38. The molecule has 1 aromatic heterocycles. The molecule has 0 fully saturated rings. The lowest BCUT2D eigenvalue weighted by Gasteiger charge is -2.11. The van der Waals surface area contributed by atoms with Crippen molar-refractivity contribution in [3.8, 4) is 0 Å². The van der Waals surface area contributed by atoms with Crippen LogP contribution in [-0.4, -0.2) is 33.4 Å². The largest absolute Gasteiger partial charge is 0.481 e. The molecule has 0 bridgehead atoms. The standard InChI is InChI=1S/C11H15N3O5/c1-2-3-7(11(16)17)6-12-10(15)8-4-5-9(13-8)14(18)19/h4-5,7,13H,2-3,6H2,1H3,(H,12,15)(H,16,17). The van der Waals surface area contributed by atoms with E-state index in [0.717, 1.165) is 0 Å². The Morgan fingerprint density at radius 2 is 2.21 bits per heavy atom. The lowest BCUT2D eigenvalue weighted by Crippen LogP contribution is -2.33. The van der Waals surface area contributed by atoms with Crippen molar-refractivity contribution in [2.45, 2.75) is 19.8 Å². The Labute approximate surface area is 109 Å². The lowest BCUT2D eigenvalue weighted by atomic mass is 10.0. The SMILES string of the molecule is CCCC(CNC(=O)c1ccc([N+](=O)[O-])[nH]1)C(=O)O. The molecule has 0 aliphatic carbocycles. The van der Waals surface area contributed by atoms with Crippen molar-refractivity contribution in [2.24, 2.45) is 5.92 Å². The number of nitrogens with one attached hydrogen (secondary N) is 2. The van der Waals surface area contributed by atoms with E-state index in [4.69, 9.17) is 5.11 Å². The summed E-state index contributed by atoms with van der Waals surface area (Å²) in [6, 6.07) is 2.46. The van der Waals surface area contributed by atoms with Crippen molar-refractivity contribution >= 4 is 17.7 Å². The fraction of sp³-hybridized carbons (Fsp3) is 0.455. The summed E-state index contributed by atoms with van der Waals surface area (Å²) in [6.45, 7) is 1.85. The van der Waals surface area contributed by atoms with Gasteiger partial charge in [0, 0.05) is 12.6 Å². The molecule has 1 aromatic rings. The van der Waals surface area contributed by atoms with Gasteiger partial charge in [0.25, 0.3) is 5.91 Å². The third-order valence-corrected chi connectivity index (χ3v) is 2.61. The predicted molar refractivity (Wildman–Crippen MR) is 65.8 cm³/mol. The number of hydrogen-bond acceptors (Lipinski definition) is 4. The first-order valence-electron chi connectivity index (χ1n) is 5.80. The number of hydrogen-bond donors (Lipinski definition) is 3. The molecule has 19 heavy (non-hydrogen) atoms. The molecule has 104 valence electrons. The molecule has 1 unspecified atom stereocenters. The maximum atomic E-state index is 11.7. The van der Waals surface area contributed by atoms with E-state index in [-0.39, 0.29) is 18.1 Å². The highest BCUT2D eigenvalue weighted by Crippen LogP contribution is 2.10. The summed E-state index contributed by atoms with van der Waals surface area (Å²) in [6.07, 6.45) is 1.15. The van der Waals surface area contributed by atoms with Gasteiger partial charge in [-0.25, -0.2) is 4.98 Å². The summed E-state index contributed by atoms with van der Waals surface area (Å²) in [7, 11) is 0. The molecule has 3 N–H and O–H groups in total. The van der Waals surface area contributed by atoms with E-state index in [2.05, 4.69) is 10.3 Å². The van der Waals surface area contributed by atoms with Crippen LogP contribution in [0.4, 0.5) is 5.82 Å². The van der Waals surface area contributed by atoms with Crippen molar-refractivity contribution in [3.05, 3.63) is 27.9 Å². The first-order chi connectivity index (χ1) is 8.95. The number of H-pyrrole nitrogens is 1. The van der Waals surface area contributed by atoms with E-state index < -0.39 is 22.7 Å². The molecular weight excluding hydrogens is 254 g/mol. The van der Waals surface area contributed by atoms with Gasteiger partial charge in [0.1, 0.15) is 0 Å². The highest BCUT2D eigenvalue weighted by Gasteiger charge is 2.20. The monoisotopic (exact) mass is 269 g/mol. The van der Waals surface area contributed by atoms with Gasteiger partial charge in [-0.15, -0.1) is 0 Å². The minimum Gasteiger partial charge on any atom is -0.481 e. The van der Waals surface area contributed by atoms with Gasteiger partial charge < -0.3 is 20.5 Å². The van der Waals surface area contributed by atoms with E-state index in [1.807, 2.05) is 6.92 Å². The topological polar surface area (TPSA) is 125 Å². The summed E-state index contributed by atoms with van der Waals surface area (Å²) in [5, 5.41) is 21.8. The average molecular weight is 269 g/mol. The van der Waals surface area contributed by atoms with Crippen LogP contribution in [0.1, 0.15) is 30.3 Å². The Bertz CT molecular complexity index is 482. The zero-order chi connectivity index (χ0) is 14.4. The molecule has 0 saturated heterocycles. The van der Waals surface area contributed by atoms with Crippen LogP contribution in [0, 0.1) is 16.0 Å². The molecule has 1 atom stereocenters. The minimum absolute atomic E-state index is 0.00513.